The highest BCUT2D eigenvalue weighted by atomic mass is 16.5. The predicted octanol–water partition coefficient (Wildman–Crippen LogP) is 1.83. The highest BCUT2D eigenvalue weighted by molar-refractivity contribution is 4.75. The van der Waals surface area contributed by atoms with Crippen LogP contribution in [0.4, 0.5) is 0 Å². The van der Waals surface area contributed by atoms with Crippen molar-refractivity contribution in [3.05, 3.63) is 0 Å². The summed E-state index contributed by atoms with van der Waals surface area (Å²) in [5.41, 5.74) is 0. The van der Waals surface area contributed by atoms with E-state index in [9.17, 15) is 0 Å². The van der Waals surface area contributed by atoms with Crippen LogP contribution in [0.15, 0.2) is 0 Å². The molecule has 0 N–H and O–H groups in total. The molecule has 3 heteroatoms. The van der Waals surface area contributed by atoms with Crippen molar-refractivity contribution in [3.8, 4) is 0 Å². The standard InChI is InChI=1S/C14H28N2O/c1-13-4-3-7-16(12-13)11-10-15-8-5-14(17-2)6-9-15/h13-14H,3-12H2,1-2H3. The fraction of sp³-hybridized carbons (Fsp3) is 1.00. The lowest BCUT2D eigenvalue weighted by atomic mass is 10.0. The molecule has 0 radical (unpaired) electrons. The third kappa shape index (κ3) is 4.23. The largest absolute Gasteiger partial charge is 0.381 e. The normalized spacial score (nSPS) is 29.6. The first kappa shape index (κ1) is 13.3. The summed E-state index contributed by atoms with van der Waals surface area (Å²) in [7, 11) is 1.84. The van der Waals surface area contributed by atoms with Crippen LogP contribution in [0, 0.1) is 5.92 Å². The van der Waals surface area contributed by atoms with Crippen LogP contribution in [-0.4, -0.2) is 62.3 Å². The SMILES string of the molecule is COC1CCN(CCN2CCCC(C)C2)CC1. The lowest BCUT2D eigenvalue weighted by Gasteiger charge is -2.35. The summed E-state index contributed by atoms with van der Waals surface area (Å²) in [6, 6.07) is 0. The van der Waals surface area contributed by atoms with Gasteiger partial charge in [0.25, 0.3) is 0 Å². The molecular formula is C14H28N2O. The molecule has 2 fully saturated rings. The summed E-state index contributed by atoms with van der Waals surface area (Å²) in [5.74, 6) is 0.906. The minimum absolute atomic E-state index is 0.515. The zero-order chi connectivity index (χ0) is 12.1. The minimum atomic E-state index is 0.515. The Labute approximate surface area is 106 Å². The fourth-order valence-corrected chi connectivity index (χ4v) is 3.14. The molecule has 2 aliphatic rings. The molecular weight excluding hydrogens is 212 g/mol. The summed E-state index contributed by atoms with van der Waals surface area (Å²) < 4.78 is 5.41. The van der Waals surface area contributed by atoms with E-state index in [2.05, 4.69) is 16.7 Å². The topological polar surface area (TPSA) is 15.7 Å². The Bertz CT molecular complexity index is 214. The van der Waals surface area contributed by atoms with Crippen molar-refractivity contribution in [1.82, 2.24) is 9.80 Å². The Balaban J connectivity index is 1.62. The number of piperidine rings is 2. The molecule has 100 valence electrons. The Morgan fingerprint density at radius 2 is 1.71 bits per heavy atom. The molecule has 0 saturated carbocycles. The molecule has 1 unspecified atom stereocenters. The molecule has 0 aromatic rings. The number of ether oxygens (including phenoxy) is 1. The Morgan fingerprint density at radius 3 is 2.35 bits per heavy atom. The predicted molar refractivity (Wildman–Crippen MR) is 71.3 cm³/mol. The zero-order valence-corrected chi connectivity index (χ0v) is 11.5. The fourth-order valence-electron chi connectivity index (χ4n) is 3.14. The molecule has 3 nitrogen and oxygen atoms in total. The van der Waals surface area contributed by atoms with Crippen molar-refractivity contribution >= 4 is 0 Å². The van der Waals surface area contributed by atoms with Gasteiger partial charge in [-0.15, -0.1) is 0 Å². The van der Waals surface area contributed by atoms with Gasteiger partial charge >= 0.3 is 0 Å². The van der Waals surface area contributed by atoms with Crippen LogP contribution in [0.5, 0.6) is 0 Å². The molecule has 0 amide bonds. The summed E-state index contributed by atoms with van der Waals surface area (Å²) in [5, 5.41) is 0. The summed E-state index contributed by atoms with van der Waals surface area (Å²) in [4.78, 5) is 5.26. The van der Waals surface area contributed by atoms with Crippen molar-refractivity contribution in [1.29, 1.82) is 0 Å². The Kier molecular flexibility index (Phi) is 5.26. The minimum Gasteiger partial charge on any atom is -0.381 e. The Morgan fingerprint density at radius 1 is 1.00 bits per heavy atom. The van der Waals surface area contributed by atoms with Crippen molar-refractivity contribution in [2.45, 2.75) is 38.7 Å². The van der Waals surface area contributed by atoms with E-state index >= 15 is 0 Å². The van der Waals surface area contributed by atoms with Crippen molar-refractivity contribution in [2.24, 2.45) is 5.92 Å². The van der Waals surface area contributed by atoms with Gasteiger partial charge in [-0.05, 0) is 38.1 Å². The Hall–Kier alpha value is -0.120. The summed E-state index contributed by atoms with van der Waals surface area (Å²) in [6.07, 6.45) is 5.77. The highest BCUT2D eigenvalue weighted by Gasteiger charge is 2.20. The number of methoxy groups -OCH3 is 1. The lowest BCUT2D eigenvalue weighted by Crippen LogP contribution is -2.43. The smallest absolute Gasteiger partial charge is 0.0595 e. The van der Waals surface area contributed by atoms with Crippen molar-refractivity contribution in [3.63, 3.8) is 0 Å². The van der Waals surface area contributed by atoms with Crippen LogP contribution in [0.3, 0.4) is 0 Å². The maximum atomic E-state index is 5.41. The molecule has 2 saturated heterocycles. The lowest BCUT2D eigenvalue weighted by molar-refractivity contribution is 0.0367. The van der Waals surface area contributed by atoms with Gasteiger partial charge < -0.3 is 14.5 Å². The molecule has 1 atom stereocenters. The average molecular weight is 240 g/mol. The van der Waals surface area contributed by atoms with E-state index in [0.29, 0.717) is 6.10 Å². The van der Waals surface area contributed by atoms with Crippen LogP contribution < -0.4 is 0 Å². The molecule has 0 spiro atoms. The number of nitrogens with zero attached hydrogens (tertiary/aromatic N) is 2. The highest BCUT2D eigenvalue weighted by Crippen LogP contribution is 2.16. The summed E-state index contributed by atoms with van der Waals surface area (Å²) in [6.45, 7) is 9.98. The second kappa shape index (κ2) is 6.72. The number of hydrogen-bond donors (Lipinski definition) is 0. The number of hydrogen-bond acceptors (Lipinski definition) is 3. The third-order valence-electron chi connectivity index (χ3n) is 4.34. The van der Waals surface area contributed by atoms with Gasteiger partial charge in [-0.25, -0.2) is 0 Å². The van der Waals surface area contributed by atoms with Gasteiger partial charge in [-0.3, -0.25) is 0 Å². The second-order valence-electron chi connectivity index (χ2n) is 5.82. The monoisotopic (exact) mass is 240 g/mol. The van der Waals surface area contributed by atoms with E-state index in [0.717, 1.165) is 5.92 Å². The molecule has 0 aromatic heterocycles. The van der Waals surface area contributed by atoms with E-state index in [1.54, 1.807) is 0 Å². The average Bonchev–Trinajstić information content (AvgIpc) is 2.37. The van der Waals surface area contributed by atoms with E-state index in [4.69, 9.17) is 4.74 Å². The van der Waals surface area contributed by atoms with E-state index in [-0.39, 0.29) is 0 Å². The van der Waals surface area contributed by atoms with Gasteiger partial charge in [0, 0.05) is 39.8 Å². The quantitative estimate of drug-likeness (QED) is 0.745. The molecule has 2 heterocycles. The van der Waals surface area contributed by atoms with Gasteiger partial charge in [0.1, 0.15) is 0 Å². The van der Waals surface area contributed by atoms with Crippen molar-refractivity contribution in [2.75, 3.05) is 46.4 Å². The van der Waals surface area contributed by atoms with Crippen LogP contribution in [0.2, 0.25) is 0 Å². The number of rotatable bonds is 4. The molecule has 0 aromatic carbocycles. The maximum Gasteiger partial charge on any atom is 0.0595 e. The molecule has 2 rings (SSSR count). The molecule has 17 heavy (non-hydrogen) atoms. The van der Waals surface area contributed by atoms with Gasteiger partial charge in [0.05, 0.1) is 6.10 Å². The third-order valence-corrected chi connectivity index (χ3v) is 4.34. The zero-order valence-electron chi connectivity index (χ0n) is 11.5. The number of likely N-dealkylation sites (tertiary alicyclic amines) is 2. The molecule has 0 bridgehead atoms. The van der Waals surface area contributed by atoms with Crippen molar-refractivity contribution < 1.29 is 4.74 Å². The maximum absolute atomic E-state index is 5.41. The molecule has 0 aliphatic carbocycles. The van der Waals surface area contributed by atoms with Gasteiger partial charge in [-0.1, -0.05) is 6.92 Å². The first-order chi connectivity index (χ1) is 8.28. The summed E-state index contributed by atoms with van der Waals surface area (Å²) >= 11 is 0. The first-order valence-electron chi connectivity index (χ1n) is 7.25. The van der Waals surface area contributed by atoms with Gasteiger partial charge in [0.2, 0.25) is 0 Å². The van der Waals surface area contributed by atoms with Gasteiger partial charge in [-0.2, -0.15) is 0 Å². The van der Waals surface area contributed by atoms with E-state index in [1.165, 1.54) is 65.0 Å². The van der Waals surface area contributed by atoms with E-state index < -0.39 is 0 Å². The van der Waals surface area contributed by atoms with Crippen LogP contribution >= 0.6 is 0 Å². The molecule has 2 aliphatic heterocycles. The van der Waals surface area contributed by atoms with E-state index in [1.807, 2.05) is 7.11 Å². The first-order valence-corrected chi connectivity index (χ1v) is 7.25. The van der Waals surface area contributed by atoms with Crippen LogP contribution in [-0.2, 0) is 4.74 Å². The van der Waals surface area contributed by atoms with Crippen LogP contribution in [0.25, 0.3) is 0 Å². The van der Waals surface area contributed by atoms with Crippen LogP contribution in [0.1, 0.15) is 32.6 Å². The van der Waals surface area contributed by atoms with Gasteiger partial charge in [0.15, 0.2) is 0 Å². The second-order valence-corrected chi connectivity index (χ2v) is 5.82.